The molecule has 0 unspecified atom stereocenters. The zero-order valence-electron chi connectivity index (χ0n) is 9.92. The van der Waals surface area contributed by atoms with E-state index in [4.69, 9.17) is 5.11 Å². The molecule has 0 saturated heterocycles. The predicted molar refractivity (Wildman–Crippen MR) is 65.0 cm³/mol. The van der Waals surface area contributed by atoms with Gasteiger partial charge in [-0.15, -0.1) is 6.58 Å². The first-order valence-corrected chi connectivity index (χ1v) is 5.51. The molecule has 2 nitrogen and oxygen atoms in total. The van der Waals surface area contributed by atoms with Gasteiger partial charge in [0, 0.05) is 13.6 Å². The van der Waals surface area contributed by atoms with Crippen molar-refractivity contribution in [2.45, 2.75) is 19.4 Å². The Labute approximate surface area is 100 Å². The maximum Gasteiger partial charge on any atom is 0.149 e. The topological polar surface area (TPSA) is 23.5 Å². The minimum absolute atomic E-state index is 0.0498. The van der Waals surface area contributed by atoms with Gasteiger partial charge in [-0.3, -0.25) is 0 Å². The zero-order chi connectivity index (χ0) is 12.8. The van der Waals surface area contributed by atoms with Crippen LogP contribution in [0.3, 0.4) is 0 Å². The molecule has 0 aliphatic heterocycles. The third-order valence-electron chi connectivity index (χ3n) is 2.54. The number of unbranched alkanes of at least 4 members (excludes halogenated alkanes) is 1. The highest BCUT2D eigenvalue weighted by molar-refractivity contribution is 5.50. The van der Waals surface area contributed by atoms with E-state index in [2.05, 4.69) is 6.58 Å². The van der Waals surface area contributed by atoms with Gasteiger partial charge in [0.15, 0.2) is 0 Å². The van der Waals surface area contributed by atoms with Crippen molar-refractivity contribution in [3.63, 3.8) is 0 Å². The van der Waals surface area contributed by atoms with Crippen LogP contribution in [0.15, 0.2) is 24.8 Å². The van der Waals surface area contributed by atoms with Gasteiger partial charge in [0.25, 0.3) is 0 Å². The van der Waals surface area contributed by atoms with Gasteiger partial charge in [0.1, 0.15) is 17.3 Å². The number of allylic oxidation sites excluding steroid dienone is 1. The van der Waals surface area contributed by atoms with Gasteiger partial charge in [-0.1, -0.05) is 6.08 Å². The molecular weight excluding hydrogens is 224 g/mol. The summed E-state index contributed by atoms with van der Waals surface area (Å²) in [5.74, 6) is -1.29. The van der Waals surface area contributed by atoms with Crippen LogP contribution in [-0.4, -0.2) is 18.7 Å². The van der Waals surface area contributed by atoms with Gasteiger partial charge in [0.05, 0.1) is 6.61 Å². The third-order valence-corrected chi connectivity index (χ3v) is 2.54. The van der Waals surface area contributed by atoms with Crippen molar-refractivity contribution < 1.29 is 13.9 Å². The molecule has 4 heteroatoms. The molecular formula is C13H17F2NO. The van der Waals surface area contributed by atoms with Gasteiger partial charge in [0.2, 0.25) is 0 Å². The fourth-order valence-corrected chi connectivity index (χ4v) is 1.66. The molecule has 0 spiro atoms. The standard InChI is InChI=1S/C13H17F2NO/c1-3-4-5-6-16(2)13-11(14)7-10(9-17)8-12(13)15/h3,7-8,17H,1,4-6,9H2,2H3. The number of hydrogen-bond acceptors (Lipinski definition) is 2. The molecule has 0 fully saturated rings. The van der Waals surface area contributed by atoms with E-state index in [0.717, 1.165) is 25.0 Å². The fraction of sp³-hybridized carbons (Fsp3) is 0.385. The van der Waals surface area contributed by atoms with Crippen LogP contribution in [0.25, 0.3) is 0 Å². The first kappa shape index (κ1) is 13.6. The van der Waals surface area contributed by atoms with E-state index in [1.807, 2.05) is 0 Å². The summed E-state index contributed by atoms with van der Waals surface area (Å²) in [6, 6.07) is 2.31. The summed E-state index contributed by atoms with van der Waals surface area (Å²) in [5.41, 5.74) is 0.189. The maximum absolute atomic E-state index is 13.6. The summed E-state index contributed by atoms with van der Waals surface area (Å²) in [5, 5.41) is 8.83. The molecule has 0 saturated carbocycles. The fourth-order valence-electron chi connectivity index (χ4n) is 1.66. The van der Waals surface area contributed by atoms with E-state index in [1.54, 1.807) is 13.1 Å². The maximum atomic E-state index is 13.6. The van der Waals surface area contributed by atoms with Crippen molar-refractivity contribution in [1.29, 1.82) is 0 Å². The second kappa shape index (κ2) is 6.35. The van der Waals surface area contributed by atoms with Gasteiger partial charge in [-0.05, 0) is 30.5 Å². The highest BCUT2D eigenvalue weighted by Crippen LogP contribution is 2.24. The van der Waals surface area contributed by atoms with E-state index >= 15 is 0 Å². The number of rotatable bonds is 6. The molecule has 0 aliphatic rings. The molecule has 1 rings (SSSR count). The summed E-state index contributed by atoms with van der Waals surface area (Å²) in [4.78, 5) is 1.54. The Bertz CT molecular complexity index is 370. The molecule has 0 heterocycles. The molecule has 0 amide bonds. The van der Waals surface area contributed by atoms with E-state index in [0.29, 0.717) is 6.54 Å². The van der Waals surface area contributed by atoms with Gasteiger partial charge < -0.3 is 10.0 Å². The first-order chi connectivity index (χ1) is 8.10. The second-order valence-electron chi connectivity index (χ2n) is 3.92. The van der Waals surface area contributed by atoms with Crippen LogP contribution in [0.5, 0.6) is 0 Å². The van der Waals surface area contributed by atoms with Gasteiger partial charge in [-0.2, -0.15) is 0 Å². The van der Waals surface area contributed by atoms with E-state index in [-0.39, 0.29) is 17.9 Å². The number of halogens is 2. The number of nitrogens with zero attached hydrogens (tertiary/aromatic N) is 1. The molecule has 94 valence electrons. The predicted octanol–water partition coefficient (Wildman–Crippen LogP) is 2.86. The Kier molecular flexibility index (Phi) is 5.10. The van der Waals surface area contributed by atoms with Crippen LogP contribution in [0.4, 0.5) is 14.5 Å². The average molecular weight is 241 g/mol. The normalized spacial score (nSPS) is 10.4. The van der Waals surface area contributed by atoms with E-state index in [9.17, 15) is 8.78 Å². The van der Waals surface area contributed by atoms with Crippen molar-refractivity contribution in [3.8, 4) is 0 Å². The summed E-state index contributed by atoms with van der Waals surface area (Å²) < 4.78 is 27.3. The lowest BCUT2D eigenvalue weighted by molar-refractivity contribution is 0.280. The van der Waals surface area contributed by atoms with Crippen LogP contribution >= 0.6 is 0 Å². The molecule has 1 aromatic carbocycles. The molecule has 17 heavy (non-hydrogen) atoms. The molecule has 0 radical (unpaired) electrons. The Balaban J connectivity index is 2.85. The Morgan fingerprint density at radius 2 is 1.94 bits per heavy atom. The molecule has 0 bridgehead atoms. The average Bonchev–Trinajstić information content (AvgIpc) is 2.28. The lowest BCUT2D eigenvalue weighted by Gasteiger charge is -2.20. The monoisotopic (exact) mass is 241 g/mol. The van der Waals surface area contributed by atoms with Crippen molar-refractivity contribution in [1.82, 2.24) is 0 Å². The largest absolute Gasteiger partial charge is 0.392 e. The van der Waals surface area contributed by atoms with Gasteiger partial charge in [-0.25, -0.2) is 8.78 Å². The quantitative estimate of drug-likeness (QED) is 0.611. The van der Waals surface area contributed by atoms with Crippen molar-refractivity contribution in [2.24, 2.45) is 0 Å². The molecule has 0 aromatic heterocycles. The molecule has 0 aliphatic carbocycles. The summed E-state index contributed by atoms with van der Waals surface area (Å²) in [6.45, 7) is 3.78. The number of aliphatic hydroxyl groups is 1. The summed E-state index contributed by atoms with van der Waals surface area (Å²) in [7, 11) is 1.64. The number of hydrogen-bond donors (Lipinski definition) is 1. The Morgan fingerprint density at radius 1 is 1.35 bits per heavy atom. The third kappa shape index (κ3) is 3.53. The van der Waals surface area contributed by atoms with Crippen LogP contribution in [0, 0.1) is 11.6 Å². The van der Waals surface area contributed by atoms with Gasteiger partial charge >= 0.3 is 0 Å². The van der Waals surface area contributed by atoms with Crippen LogP contribution in [-0.2, 0) is 6.61 Å². The highest BCUT2D eigenvalue weighted by atomic mass is 19.1. The molecule has 0 atom stereocenters. The minimum Gasteiger partial charge on any atom is -0.392 e. The molecule has 1 aromatic rings. The van der Waals surface area contributed by atoms with E-state index in [1.165, 1.54) is 4.90 Å². The minimum atomic E-state index is -0.643. The smallest absolute Gasteiger partial charge is 0.149 e. The van der Waals surface area contributed by atoms with Crippen molar-refractivity contribution >= 4 is 5.69 Å². The Morgan fingerprint density at radius 3 is 2.41 bits per heavy atom. The lowest BCUT2D eigenvalue weighted by Crippen LogP contribution is -2.21. The lowest BCUT2D eigenvalue weighted by atomic mass is 10.1. The SMILES string of the molecule is C=CCCCN(C)c1c(F)cc(CO)cc1F. The van der Waals surface area contributed by atoms with Crippen LogP contribution < -0.4 is 4.90 Å². The Hall–Kier alpha value is -1.42. The first-order valence-electron chi connectivity index (χ1n) is 5.51. The summed E-state index contributed by atoms with van der Waals surface area (Å²) >= 11 is 0. The van der Waals surface area contributed by atoms with Crippen LogP contribution in [0.2, 0.25) is 0 Å². The number of anilines is 1. The number of aliphatic hydroxyl groups excluding tert-OH is 1. The number of benzene rings is 1. The van der Waals surface area contributed by atoms with E-state index < -0.39 is 11.6 Å². The van der Waals surface area contributed by atoms with Crippen molar-refractivity contribution in [2.75, 3.05) is 18.5 Å². The summed E-state index contributed by atoms with van der Waals surface area (Å²) in [6.07, 6.45) is 3.37. The highest BCUT2D eigenvalue weighted by Gasteiger charge is 2.14. The second-order valence-corrected chi connectivity index (χ2v) is 3.92. The molecule has 1 N–H and O–H groups in total. The van der Waals surface area contributed by atoms with Crippen LogP contribution in [0.1, 0.15) is 18.4 Å². The zero-order valence-corrected chi connectivity index (χ0v) is 9.92. The van der Waals surface area contributed by atoms with Crippen molar-refractivity contribution in [3.05, 3.63) is 42.0 Å².